The van der Waals surface area contributed by atoms with Crippen molar-refractivity contribution in [1.29, 1.82) is 0 Å². The maximum Gasteiger partial charge on any atom is 0.417 e. The Morgan fingerprint density at radius 3 is 2.37 bits per heavy atom. The number of sulfonamides is 1. The second-order valence-corrected chi connectivity index (χ2v) is 7.80. The van der Waals surface area contributed by atoms with E-state index >= 15 is 0 Å². The van der Waals surface area contributed by atoms with Crippen molar-refractivity contribution < 1.29 is 21.6 Å². The summed E-state index contributed by atoms with van der Waals surface area (Å²) in [6.07, 6.45) is -3.28. The third-order valence-corrected chi connectivity index (χ3v) is 5.52. The summed E-state index contributed by atoms with van der Waals surface area (Å²) in [7, 11) is -4.10. The molecule has 6 nitrogen and oxygen atoms in total. The van der Waals surface area contributed by atoms with E-state index in [4.69, 9.17) is 23.8 Å². The first kappa shape index (κ1) is 19.4. The van der Waals surface area contributed by atoms with E-state index in [-0.39, 0.29) is 10.6 Å². The van der Waals surface area contributed by atoms with Gasteiger partial charge in [0, 0.05) is 11.4 Å². The molecule has 0 aliphatic carbocycles. The van der Waals surface area contributed by atoms with Crippen molar-refractivity contribution in [2.45, 2.75) is 11.1 Å². The minimum absolute atomic E-state index is 0.134. The van der Waals surface area contributed by atoms with Crippen LogP contribution in [0.4, 0.5) is 18.9 Å². The molecule has 0 amide bonds. The number of hydrogen-bond acceptors (Lipinski definition) is 4. The van der Waals surface area contributed by atoms with E-state index in [2.05, 4.69) is 14.9 Å². The average Bonchev–Trinajstić information content (AvgIpc) is 3.01. The molecule has 3 aromatic rings. The molecule has 0 saturated heterocycles. The van der Waals surface area contributed by atoms with Crippen molar-refractivity contribution in [2.24, 2.45) is 0 Å². The highest BCUT2D eigenvalue weighted by Gasteiger charge is 2.33. The number of anilines is 1. The van der Waals surface area contributed by atoms with Crippen LogP contribution < -0.4 is 4.72 Å². The molecule has 2 N–H and O–H groups in total. The number of benzene rings is 2. The zero-order chi connectivity index (χ0) is 19.8. The van der Waals surface area contributed by atoms with Gasteiger partial charge >= 0.3 is 6.18 Å². The van der Waals surface area contributed by atoms with Crippen LogP contribution in [-0.2, 0) is 16.2 Å². The van der Waals surface area contributed by atoms with Crippen LogP contribution in [0.25, 0.3) is 5.69 Å². The molecule has 3 rings (SSSR count). The van der Waals surface area contributed by atoms with Gasteiger partial charge in [0.25, 0.3) is 10.0 Å². The van der Waals surface area contributed by atoms with E-state index in [1.807, 2.05) is 0 Å². The van der Waals surface area contributed by atoms with Gasteiger partial charge in [0.2, 0.25) is 0 Å². The molecule has 1 heterocycles. The summed E-state index contributed by atoms with van der Waals surface area (Å²) in [6.45, 7) is 0. The smallest absolute Gasteiger partial charge is 0.280 e. The normalized spacial score (nSPS) is 12.1. The molecule has 2 aromatic carbocycles. The number of aromatic amines is 1. The molecular formula is C15H10ClF3N4O2S2. The summed E-state index contributed by atoms with van der Waals surface area (Å²) in [4.78, 5) is -0.134. The molecule has 0 fully saturated rings. The van der Waals surface area contributed by atoms with Crippen LogP contribution in [-0.4, -0.2) is 23.2 Å². The third kappa shape index (κ3) is 4.15. The summed E-state index contributed by atoms with van der Waals surface area (Å²) in [6, 6.07) is 8.34. The molecule has 0 unspecified atom stereocenters. The number of nitrogens with zero attached hydrogens (tertiary/aromatic N) is 2. The van der Waals surface area contributed by atoms with Gasteiger partial charge in [-0.15, -0.1) is 0 Å². The highest BCUT2D eigenvalue weighted by molar-refractivity contribution is 7.92. The number of nitrogens with one attached hydrogen (secondary N) is 2. The molecule has 142 valence electrons. The summed E-state index contributed by atoms with van der Waals surface area (Å²) in [5.41, 5.74) is -0.819. The van der Waals surface area contributed by atoms with Gasteiger partial charge in [-0.3, -0.25) is 14.4 Å². The van der Waals surface area contributed by atoms with Gasteiger partial charge in [0.1, 0.15) is 6.33 Å². The number of alkyl halides is 3. The Hall–Kier alpha value is -2.37. The predicted molar refractivity (Wildman–Crippen MR) is 96.0 cm³/mol. The van der Waals surface area contributed by atoms with E-state index < -0.39 is 26.8 Å². The third-order valence-electron chi connectivity index (χ3n) is 3.50. The Balaban J connectivity index is 1.89. The van der Waals surface area contributed by atoms with Crippen molar-refractivity contribution in [3.63, 3.8) is 0 Å². The Labute approximate surface area is 161 Å². The van der Waals surface area contributed by atoms with E-state index in [0.717, 1.165) is 12.1 Å². The van der Waals surface area contributed by atoms with Crippen LogP contribution >= 0.6 is 23.8 Å². The molecule has 0 radical (unpaired) electrons. The fourth-order valence-electron chi connectivity index (χ4n) is 2.24. The quantitative estimate of drug-likeness (QED) is 0.596. The fourth-order valence-corrected chi connectivity index (χ4v) is 3.72. The monoisotopic (exact) mass is 434 g/mol. The topological polar surface area (TPSA) is 79.8 Å². The Bertz CT molecular complexity index is 1140. The molecule has 0 bridgehead atoms. The summed E-state index contributed by atoms with van der Waals surface area (Å²) in [5.74, 6) is 0. The fraction of sp³-hybridized carbons (Fsp3) is 0.0667. The minimum atomic E-state index is -4.70. The van der Waals surface area contributed by atoms with Crippen LogP contribution in [0.1, 0.15) is 5.56 Å². The van der Waals surface area contributed by atoms with Gasteiger partial charge in [-0.2, -0.15) is 18.3 Å². The van der Waals surface area contributed by atoms with E-state index in [9.17, 15) is 21.6 Å². The maximum atomic E-state index is 12.9. The van der Waals surface area contributed by atoms with Crippen LogP contribution in [0.15, 0.2) is 53.7 Å². The van der Waals surface area contributed by atoms with Gasteiger partial charge in [0.05, 0.1) is 15.5 Å². The van der Waals surface area contributed by atoms with Crippen molar-refractivity contribution in [3.8, 4) is 5.69 Å². The van der Waals surface area contributed by atoms with E-state index in [0.29, 0.717) is 16.5 Å². The van der Waals surface area contributed by atoms with Crippen molar-refractivity contribution >= 4 is 39.5 Å². The standard InChI is InChI=1S/C15H10ClF3N4O2S2/c16-13-6-1-9(7-12(13)15(17,18)19)22-27(24,25)11-4-2-10(3-5-11)23-8-20-21-14(23)26/h1-8,22H,(H,21,26). The highest BCUT2D eigenvalue weighted by atomic mass is 35.5. The first-order chi connectivity index (χ1) is 12.6. The van der Waals surface area contributed by atoms with Crippen molar-refractivity contribution in [3.05, 3.63) is 64.1 Å². The zero-order valence-corrected chi connectivity index (χ0v) is 15.5. The molecule has 0 saturated carbocycles. The average molecular weight is 435 g/mol. The molecule has 12 heteroatoms. The summed E-state index contributed by atoms with van der Waals surface area (Å²) < 4.78 is 67.6. The molecule has 0 atom stereocenters. The Morgan fingerprint density at radius 1 is 1.15 bits per heavy atom. The summed E-state index contributed by atoms with van der Waals surface area (Å²) >= 11 is 10.6. The first-order valence-corrected chi connectivity index (χ1v) is 9.47. The van der Waals surface area contributed by atoms with Gasteiger partial charge in [-0.05, 0) is 54.7 Å². The molecule has 0 aliphatic heterocycles. The van der Waals surface area contributed by atoms with Crippen LogP contribution in [0.3, 0.4) is 0 Å². The van der Waals surface area contributed by atoms with E-state index in [1.54, 1.807) is 0 Å². The molecule has 1 aromatic heterocycles. The second kappa shape index (κ2) is 6.98. The number of aromatic nitrogens is 3. The Morgan fingerprint density at radius 2 is 1.81 bits per heavy atom. The number of hydrogen-bond donors (Lipinski definition) is 2. The number of rotatable bonds is 4. The molecular weight excluding hydrogens is 425 g/mol. The lowest BCUT2D eigenvalue weighted by atomic mass is 10.2. The lowest BCUT2D eigenvalue weighted by molar-refractivity contribution is -0.137. The van der Waals surface area contributed by atoms with Gasteiger partial charge in [-0.25, -0.2) is 8.42 Å². The zero-order valence-electron chi connectivity index (χ0n) is 13.2. The highest BCUT2D eigenvalue weighted by Crippen LogP contribution is 2.36. The largest absolute Gasteiger partial charge is 0.417 e. The Kier molecular flexibility index (Phi) is 5.02. The van der Waals surface area contributed by atoms with Crippen molar-refractivity contribution in [2.75, 3.05) is 4.72 Å². The lowest BCUT2D eigenvalue weighted by Gasteiger charge is -2.13. The number of halogens is 4. The van der Waals surface area contributed by atoms with Crippen molar-refractivity contribution in [1.82, 2.24) is 14.8 Å². The second-order valence-electron chi connectivity index (χ2n) is 5.32. The van der Waals surface area contributed by atoms with E-state index in [1.165, 1.54) is 35.2 Å². The van der Waals surface area contributed by atoms with Gasteiger partial charge in [-0.1, -0.05) is 11.6 Å². The van der Waals surface area contributed by atoms with Gasteiger partial charge in [0.15, 0.2) is 4.77 Å². The minimum Gasteiger partial charge on any atom is -0.280 e. The molecule has 0 aliphatic rings. The lowest BCUT2D eigenvalue weighted by Crippen LogP contribution is -2.14. The SMILES string of the molecule is O=S(=O)(Nc1ccc(Cl)c(C(F)(F)F)c1)c1ccc(-n2cn[nH]c2=S)cc1. The van der Waals surface area contributed by atoms with Crippen LogP contribution in [0, 0.1) is 4.77 Å². The number of H-pyrrole nitrogens is 1. The summed E-state index contributed by atoms with van der Waals surface area (Å²) in [5, 5.41) is 5.80. The molecule has 0 spiro atoms. The first-order valence-electron chi connectivity index (χ1n) is 7.20. The van der Waals surface area contributed by atoms with Crippen LogP contribution in [0.5, 0.6) is 0 Å². The van der Waals surface area contributed by atoms with Gasteiger partial charge < -0.3 is 0 Å². The van der Waals surface area contributed by atoms with Crippen LogP contribution in [0.2, 0.25) is 5.02 Å². The molecule has 27 heavy (non-hydrogen) atoms. The predicted octanol–water partition coefficient (Wildman–Crippen LogP) is 4.40. The maximum absolute atomic E-state index is 12.9.